The van der Waals surface area contributed by atoms with Gasteiger partial charge in [0.05, 0.1) is 16.3 Å². The van der Waals surface area contributed by atoms with E-state index in [2.05, 4.69) is 4.98 Å². The maximum absolute atomic E-state index is 11.6. The molecule has 0 bridgehead atoms. The first-order valence-electron chi connectivity index (χ1n) is 4.98. The normalized spacial score (nSPS) is 28.5. The molecular formula is C9H11IN2O5. The van der Waals surface area contributed by atoms with Crippen molar-refractivity contribution in [2.75, 3.05) is 6.61 Å². The summed E-state index contributed by atoms with van der Waals surface area (Å²) < 4.78 is 6.89. The SMILES string of the molecule is O=c1[nH]c(=O)n(C2C[C@@H](O)C(CO)O2)cc1I. The van der Waals surface area contributed by atoms with E-state index in [0.717, 1.165) is 0 Å². The van der Waals surface area contributed by atoms with Gasteiger partial charge in [-0.1, -0.05) is 0 Å². The molecule has 7 nitrogen and oxygen atoms in total. The number of hydrogen-bond donors (Lipinski definition) is 3. The summed E-state index contributed by atoms with van der Waals surface area (Å²) in [4.78, 5) is 24.9. The van der Waals surface area contributed by atoms with Crippen molar-refractivity contribution in [3.63, 3.8) is 0 Å². The lowest BCUT2D eigenvalue weighted by Gasteiger charge is -2.14. The Morgan fingerprint density at radius 1 is 1.59 bits per heavy atom. The molecule has 3 N–H and O–H groups in total. The van der Waals surface area contributed by atoms with E-state index in [4.69, 9.17) is 9.84 Å². The van der Waals surface area contributed by atoms with Crippen LogP contribution < -0.4 is 11.2 Å². The van der Waals surface area contributed by atoms with Crippen LogP contribution in [-0.4, -0.2) is 38.6 Å². The highest BCUT2D eigenvalue weighted by atomic mass is 127. The maximum atomic E-state index is 11.6. The van der Waals surface area contributed by atoms with E-state index in [1.165, 1.54) is 10.8 Å². The first-order chi connectivity index (χ1) is 8.02. The van der Waals surface area contributed by atoms with Crippen LogP contribution in [0.4, 0.5) is 0 Å². The van der Waals surface area contributed by atoms with Gasteiger partial charge in [0.15, 0.2) is 0 Å². The van der Waals surface area contributed by atoms with E-state index >= 15 is 0 Å². The quantitative estimate of drug-likeness (QED) is 0.578. The Morgan fingerprint density at radius 2 is 2.29 bits per heavy atom. The lowest BCUT2D eigenvalue weighted by Crippen LogP contribution is -2.33. The highest BCUT2D eigenvalue weighted by Gasteiger charge is 2.34. The Balaban J connectivity index is 2.34. The Labute approximate surface area is 109 Å². The number of halogens is 1. The number of nitrogens with zero attached hydrogens (tertiary/aromatic N) is 1. The molecule has 0 amide bonds. The number of hydrogen-bond acceptors (Lipinski definition) is 5. The predicted octanol–water partition coefficient (Wildman–Crippen LogP) is -1.22. The van der Waals surface area contributed by atoms with Crippen molar-refractivity contribution >= 4 is 22.6 Å². The third-order valence-electron chi connectivity index (χ3n) is 2.62. The van der Waals surface area contributed by atoms with Gasteiger partial charge < -0.3 is 14.9 Å². The lowest BCUT2D eigenvalue weighted by atomic mass is 10.2. The number of H-pyrrole nitrogens is 1. The highest BCUT2D eigenvalue weighted by molar-refractivity contribution is 14.1. The number of aliphatic hydroxyl groups excluding tert-OH is 2. The van der Waals surface area contributed by atoms with Crippen molar-refractivity contribution in [3.05, 3.63) is 30.6 Å². The van der Waals surface area contributed by atoms with Crippen LogP contribution in [0.15, 0.2) is 15.8 Å². The van der Waals surface area contributed by atoms with Crippen LogP contribution in [0, 0.1) is 3.57 Å². The summed E-state index contributed by atoms with van der Waals surface area (Å²) in [7, 11) is 0. The van der Waals surface area contributed by atoms with Gasteiger partial charge in [0.2, 0.25) is 0 Å². The van der Waals surface area contributed by atoms with Gasteiger partial charge in [-0.15, -0.1) is 0 Å². The molecule has 1 fully saturated rings. The predicted molar refractivity (Wildman–Crippen MR) is 65.7 cm³/mol. The largest absolute Gasteiger partial charge is 0.394 e. The maximum Gasteiger partial charge on any atom is 0.330 e. The molecule has 0 aromatic carbocycles. The second-order valence-corrected chi connectivity index (χ2v) is 4.92. The van der Waals surface area contributed by atoms with Crippen LogP contribution in [0.3, 0.4) is 0 Å². The highest BCUT2D eigenvalue weighted by Crippen LogP contribution is 2.27. The molecule has 8 heteroatoms. The van der Waals surface area contributed by atoms with Crippen molar-refractivity contribution < 1.29 is 14.9 Å². The Hall–Kier alpha value is -0.710. The molecule has 2 unspecified atom stereocenters. The number of aromatic amines is 1. The molecule has 1 saturated heterocycles. The molecule has 0 saturated carbocycles. The van der Waals surface area contributed by atoms with E-state index in [-0.39, 0.29) is 13.0 Å². The minimum absolute atomic E-state index is 0.202. The molecule has 0 aliphatic carbocycles. The van der Waals surface area contributed by atoms with Gasteiger partial charge in [0, 0.05) is 12.6 Å². The van der Waals surface area contributed by atoms with Gasteiger partial charge in [0.25, 0.3) is 5.56 Å². The van der Waals surface area contributed by atoms with Crippen molar-refractivity contribution in [1.29, 1.82) is 0 Å². The van der Waals surface area contributed by atoms with Crippen molar-refractivity contribution in [1.82, 2.24) is 9.55 Å². The third kappa shape index (κ3) is 2.44. The number of nitrogens with one attached hydrogen (secondary N) is 1. The molecule has 0 spiro atoms. The lowest BCUT2D eigenvalue weighted by molar-refractivity contribution is -0.0459. The summed E-state index contributed by atoms with van der Waals surface area (Å²) in [6.45, 7) is -0.313. The zero-order valence-electron chi connectivity index (χ0n) is 8.67. The van der Waals surface area contributed by atoms with E-state index in [1.54, 1.807) is 22.6 Å². The van der Waals surface area contributed by atoms with Gasteiger partial charge in [-0.3, -0.25) is 14.3 Å². The van der Waals surface area contributed by atoms with Crippen LogP contribution in [0.5, 0.6) is 0 Å². The van der Waals surface area contributed by atoms with E-state index in [9.17, 15) is 14.7 Å². The average molecular weight is 354 g/mol. The molecule has 17 heavy (non-hydrogen) atoms. The Kier molecular flexibility index (Phi) is 3.66. The topological polar surface area (TPSA) is 105 Å². The fourth-order valence-electron chi connectivity index (χ4n) is 1.72. The molecule has 0 radical (unpaired) electrons. The fourth-order valence-corrected chi connectivity index (χ4v) is 2.16. The van der Waals surface area contributed by atoms with Crippen LogP contribution >= 0.6 is 22.6 Å². The monoisotopic (exact) mass is 354 g/mol. The van der Waals surface area contributed by atoms with Crippen molar-refractivity contribution in [2.24, 2.45) is 0 Å². The molecule has 1 aromatic rings. The van der Waals surface area contributed by atoms with Crippen molar-refractivity contribution in [3.8, 4) is 0 Å². The minimum Gasteiger partial charge on any atom is -0.394 e. The number of aliphatic hydroxyl groups is 2. The molecule has 1 aliphatic rings. The molecule has 2 heterocycles. The summed E-state index contributed by atoms with van der Waals surface area (Å²) in [6.07, 6.45) is -0.607. The fraction of sp³-hybridized carbons (Fsp3) is 0.556. The zero-order valence-corrected chi connectivity index (χ0v) is 10.8. The second kappa shape index (κ2) is 4.88. The van der Waals surface area contributed by atoms with Gasteiger partial charge in [0.1, 0.15) is 12.3 Å². The summed E-state index contributed by atoms with van der Waals surface area (Å²) in [5.74, 6) is 0. The Bertz CT molecular complexity index is 525. The van der Waals surface area contributed by atoms with Crippen molar-refractivity contribution in [2.45, 2.75) is 24.9 Å². The summed E-state index contributed by atoms with van der Waals surface area (Å²) in [6, 6.07) is 0. The van der Waals surface area contributed by atoms with Gasteiger partial charge in [-0.25, -0.2) is 4.79 Å². The summed E-state index contributed by atoms with van der Waals surface area (Å²) >= 11 is 1.80. The molecule has 2 rings (SSSR count). The van der Waals surface area contributed by atoms with Crippen LogP contribution in [-0.2, 0) is 4.74 Å². The molecular weight excluding hydrogens is 343 g/mol. The molecule has 1 aromatic heterocycles. The van der Waals surface area contributed by atoms with Crippen LogP contribution in [0.2, 0.25) is 0 Å². The number of aromatic nitrogens is 2. The second-order valence-electron chi connectivity index (χ2n) is 3.76. The third-order valence-corrected chi connectivity index (χ3v) is 3.39. The van der Waals surface area contributed by atoms with Crippen LogP contribution in [0.25, 0.3) is 0 Å². The Morgan fingerprint density at radius 3 is 2.88 bits per heavy atom. The zero-order chi connectivity index (χ0) is 12.6. The number of rotatable bonds is 2. The van der Waals surface area contributed by atoms with E-state index < -0.39 is 29.7 Å². The average Bonchev–Trinajstić information content (AvgIpc) is 2.65. The minimum atomic E-state index is -0.818. The first-order valence-corrected chi connectivity index (χ1v) is 6.06. The molecule has 3 atom stereocenters. The van der Waals surface area contributed by atoms with E-state index in [0.29, 0.717) is 3.57 Å². The van der Waals surface area contributed by atoms with Gasteiger partial charge in [-0.2, -0.15) is 0 Å². The molecule has 94 valence electrons. The van der Waals surface area contributed by atoms with E-state index in [1.807, 2.05) is 0 Å². The smallest absolute Gasteiger partial charge is 0.330 e. The number of ether oxygens (including phenoxy) is 1. The van der Waals surface area contributed by atoms with Gasteiger partial charge in [-0.05, 0) is 22.6 Å². The van der Waals surface area contributed by atoms with Crippen LogP contribution in [0.1, 0.15) is 12.6 Å². The van der Waals surface area contributed by atoms with Gasteiger partial charge >= 0.3 is 5.69 Å². The summed E-state index contributed by atoms with van der Waals surface area (Å²) in [5, 5.41) is 18.5. The molecule has 1 aliphatic heterocycles. The summed E-state index contributed by atoms with van der Waals surface area (Å²) in [5.41, 5.74) is -1.05. The standard InChI is InChI=1S/C9H11IN2O5/c10-4-2-12(9(16)11-8(4)15)7-1-5(14)6(3-13)17-7/h2,5-7,13-14H,1,3H2,(H,11,15,16)/t5-,6?,7?/m1/s1. The first kappa shape index (κ1) is 12.7.